The van der Waals surface area contributed by atoms with Crippen LogP contribution in [0.1, 0.15) is 48.3 Å². The molecule has 1 aromatic heterocycles. The minimum atomic E-state index is -3.76. The van der Waals surface area contributed by atoms with Crippen molar-refractivity contribution >= 4 is 27.3 Å². The van der Waals surface area contributed by atoms with Gasteiger partial charge in [-0.1, -0.05) is 37.6 Å². The molecule has 34 heavy (non-hydrogen) atoms. The number of sulfone groups is 1. The van der Waals surface area contributed by atoms with Crippen molar-refractivity contribution in [3.63, 3.8) is 0 Å². The molecule has 0 spiro atoms. The van der Waals surface area contributed by atoms with E-state index in [-0.39, 0.29) is 35.3 Å². The fourth-order valence-electron chi connectivity index (χ4n) is 3.92. The summed E-state index contributed by atoms with van der Waals surface area (Å²) in [6.07, 6.45) is 3.30. The van der Waals surface area contributed by atoms with Gasteiger partial charge in [0.25, 0.3) is 5.91 Å². The molecule has 2 aromatic carbocycles. The van der Waals surface area contributed by atoms with Crippen LogP contribution >= 0.6 is 11.6 Å². The van der Waals surface area contributed by atoms with Crippen LogP contribution in [0.15, 0.2) is 59.9 Å². The Hall–Kier alpha value is -2.71. The summed E-state index contributed by atoms with van der Waals surface area (Å²) in [5.74, 6) is -0.666. The van der Waals surface area contributed by atoms with E-state index in [0.717, 1.165) is 12.8 Å². The number of hydrogen-bond acceptors (Lipinski definition) is 4. The van der Waals surface area contributed by atoms with Crippen molar-refractivity contribution in [3.05, 3.63) is 82.4 Å². The molecule has 1 aliphatic carbocycles. The third kappa shape index (κ3) is 5.67. The van der Waals surface area contributed by atoms with Gasteiger partial charge in [-0.3, -0.25) is 4.79 Å². The van der Waals surface area contributed by atoms with Crippen LogP contribution in [0.5, 0.6) is 0 Å². The van der Waals surface area contributed by atoms with Gasteiger partial charge in [0.15, 0.2) is 0 Å². The minimum Gasteiger partial charge on any atom is -0.330 e. The van der Waals surface area contributed by atoms with Gasteiger partial charge in [0.2, 0.25) is 15.0 Å². The molecule has 9 heteroatoms. The second-order valence-corrected chi connectivity index (χ2v) is 11.4. The van der Waals surface area contributed by atoms with Gasteiger partial charge in [-0.2, -0.15) is 0 Å². The molecular formula is C25H27ClFN3O3S. The second-order valence-electron chi connectivity index (χ2n) is 9.10. The predicted octanol–water partition coefficient (Wildman–Crippen LogP) is 5.11. The monoisotopic (exact) mass is 503 g/mol. The zero-order valence-corrected chi connectivity index (χ0v) is 20.7. The summed E-state index contributed by atoms with van der Waals surface area (Å²) < 4.78 is 41.7. The van der Waals surface area contributed by atoms with Crippen molar-refractivity contribution in [3.8, 4) is 0 Å². The predicted molar refractivity (Wildman–Crippen MR) is 129 cm³/mol. The van der Waals surface area contributed by atoms with Gasteiger partial charge >= 0.3 is 0 Å². The zero-order valence-electron chi connectivity index (χ0n) is 19.1. The molecular weight excluding hydrogens is 477 g/mol. The van der Waals surface area contributed by atoms with Gasteiger partial charge in [0.1, 0.15) is 5.82 Å². The number of carbonyl (C=O) groups excluding carboxylic acids is 1. The van der Waals surface area contributed by atoms with Crippen LogP contribution in [0.2, 0.25) is 5.02 Å². The summed E-state index contributed by atoms with van der Waals surface area (Å²) >= 11 is 6.03. The summed E-state index contributed by atoms with van der Waals surface area (Å²) in [7, 11) is -3.76. The van der Waals surface area contributed by atoms with Crippen molar-refractivity contribution < 1.29 is 17.6 Å². The van der Waals surface area contributed by atoms with Crippen molar-refractivity contribution in [2.45, 2.75) is 56.7 Å². The molecule has 4 rings (SSSR count). The Labute approximate surface area is 204 Å². The lowest BCUT2D eigenvalue weighted by Crippen LogP contribution is -2.33. The maximum atomic E-state index is 13.3. The number of amides is 1. The summed E-state index contributed by atoms with van der Waals surface area (Å²) in [5, 5.41) is 0.458. The Kier molecular flexibility index (Phi) is 7.09. The van der Waals surface area contributed by atoms with Crippen molar-refractivity contribution in [1.82, 2.24) is 14.5 Å². The van der Waals surface area contributed by atoms with Gasteiger partial charge in [-0.15, -0.1) is 0 Å². The molecule has 1 saturated carbocycles. The van der Waals surface area contributed by atoms with Crippen LogP contribution in [-0.2, 0) is 28.7 Å². The standard InChI is InChI=1S/C25H27ClFN3O3S/c1-17(2)14-30-23(13-28-25(30)34(32,33)16-18-4-3-5-20(26)12-18)15-29(22-10-11-22)24(31)19-6-8-21(27)9-7-19/h3-9,12-13,17,22H,10-11,14-16H2,1-2H3. The molecule has 0 N–H and O–H groups in total. The quantitative estimate of drug-likeness (QED) is 0.407. The number of hydrogen-bond donors (Lipinski definition) is 0. The third-order valence-corrected chi connectivity index (χ3v) is 7.48. The number of nitrogens with zero attached hydrogens (tertiary/aromatic N) is 3. The first-order valence-corrected chi connectivity index (χ1v) is 13.2. The number of rotatable bonds is 9. The smallest absolute Gasteiger partial charge is 0.254 e. The van der Waals surface area contributed by atoms with Crippen molar-refractivity contribution in [1.29, 1.82) is 0 Å². The average molecular weight is 504 g/mol. The fourth-order valence-corrected chi connectivity index (χ4v) is 5.62. The fraction of sp³-hybridized carbons (Fsp3) is 0.360. The molecule has 0 unspecified atom stereocenters. The molecule has 1 fully saturated rings. The molecule has 0 radical (unpaired) electrons. The van der Waals surface area contributed by atoms with E-state index >= 15 is 0 Å². The van der Waals surface area contributed by atoms with Crippen LogP contribution in [0, 0.1) is 11.7 Å². The van der Waals surface area contributed by atoms with Crippen LogP contribution in [0.3, 0.4) is 0 Å². The highest BCUT2D eigenvalue weighted by molar-refractivity contribution is 7.90. The Morgan fingerprint density at radius 1 is 1.21 bits per heavy atom. The van der Waals surface area contributed by atoms with E-state index < -0.39 is 15.7 Å². The summed E-state index contributed by atoms with van der Waals surface area (Å²) in [5.41, 5.74) is 1.64. The number of halogens is 2. The number of benzene rings is 2. The maximum Gasteiger partial charge on any atom is 0.254 e. The highest BCUT2D eigenvalue weighted by atomic mass is 35.5. The summed E-state index contributed by atoms with van der Waals surface area (Å²) in [4.78, 5) is 19.2. The van der Waals surface area contributed by atoms with E-state index in [0.29, 0.717) is 28.4 Å². The molecule has 1 amide bonds. The molecule has 0 bridgehead atoms. The van der Waals surface area contributed by atoms with E-state index in [9.17, 15) is 17.6 Å². The number of aromatic nitrogens is 2. The lowest BCUT2D eigenvalue weighted by Gasteiger charge is -2.24. The first-order valence-electron chi connectivity index (χ1n) is 11.2. The van der Waals surface area contributed by atoms with E-state index in [4.69, 9.17) is 11.6 Å². The van der Waals surface area contributed by atoms with Crippen LogP contribution < -0.4 is 0 Å². The van der Waals surface area contributed by atoms with E-state index in [2.05, 4.69) is 4.98 Å². The molecule has 3 aromatic rings. The van der Waals surface area contributed by atoms with E-state index in [1.807, 2.05) is 13.8 Å². The Morgan fingerprint density at radius 2 is 1.91 bits per heavy atom. The zero-order chi connectivity index (χ0) is 24.5. The number of carbonyl (C=O) groups is 1. The first-order chi connectivity index (χ1) is 16.1. The maximum absolute atomic E-state index is 13.3. The molecule has 1 heterocycles. The highest BCUT2D eigenvalue weighted by Crippen LogP contribution is 2.31. The van der Waals surface area contributed by atoms with Gasteiger partial charge in [-0.05, 0) is 60.7 Å². The summed E-state index contributed by atoms with van der Waals surface area (Å²) in [6, 6.07) is 12.3. The highest BCUT2D eigenvalue weighted by Gasteiger charge is 2.34. The van der Waals surface area contributed by atoms with Crippen LogP contribution in [0.4, 0.5) is 4.39 Å². The third-order valence-electron chi connectivity index (χ3n) is 5.65. The molecule has 1 aliphatic rings. The average Bonchev–Trinajstić information content (AvgIpc) is 3.53. The summed E-state index contributed by atoms with van der Waals surface area (Å²) in [6.45, 7) is 4.68. The molecule has 0 aliphatic heterocycles. The van der Waals surface area contributed by atoms with Gasteiger partial charge in [-0.25, -0.2) is 17.8 Å². The van der Waals surface area contributed by atoms with Crippen LogP contribution in [0.25, 0.3) is 0 Å². The second kappa shape index (κ2) is 9.88. The Balaban J connectivity index is 1.65. The molecule has 0 atom stereocenters. The first kappa shape index (κ1) is 24.4. The molecule has 6 nitrogen and oxygen atoms in total. The molecule has 180 valence electrons. The lowest BCUT2D eigenvalue weighted by molar-refractivity contribution is 0.0725. The van der Waals surface area contributed by atoms with Gasteiger partial charge in [0, 0.05) is 23.2 Å². The minimum absolute atomic E-state index is 0.0128. The topological polar surface area (TPSA) is 72.3 Å². The van der Waals surface area contributed by atoms with Crippen molar-refractivity contribution in [2.24, 2.45) is 5.92 Å². The van der Waals surface area contributed by atoms with Gasteiger partial charge in [0.05, 0.1) is 24.2 Å². The molecule has 0 saturated heterocycles. The van der Waals surface area contributed by atoms with Crippen molar-refractivity contribution in [2.75, 3.05) is 0 Å². The Bertz CT molecular complexity index is 1280. The largest absolute Gasteiger partial charge is 0.330 e. The normalized spacial score (nSPS) is 13.9. The van der Waals surface area contributed by atoms with Crippen LogP contribution in [-0.4, -0.2) is 34.8 Å². The lowest BCUT2D eigenvalue weighted by atomic mass is 10.2. The van der Waals surface area contributed by atoms with E-state index in [1.165, 1.54) is 24.3 Å². The SMILES string of the molecule is CC(C)Cn1c(CN(C(=O)c2ccc(F)cc2)C2CC2)cnc1S(=O)(=O)Cc1cccc(Cl)c1. The number of imidazole rings is 1. The van der Waals surface area contributed by atoms with Gasteiger partial charge < -0.3 is 9.47 Å². The Morgan fingerprint density at radius 3 is 2.53 bits per heavy atom. The van der Waals surface area contributed by atoms with E-state index in [1.54, 1.807) is 39.9 Å².